The minimum absolute atomic E-state index is 0.0304. The average molecular weight is 286 g/mol. The molecular formula is C18H26N2O. The van der Waals surface area contributed by atoms with Crippen LogP contribution in [0.1, 0.15) is 57.7 Å². The molecule has 0 spiro atoms. The van der Waals surface area contributed by atoms with Crippen molar-refractivity contribution in [3.8, 4) is 0 Å². The van der Waals surface area contributed by atoms with Gasteiger partial charge in [-0.25, -0.2) is 0 Å². The van der Waals surface area contributed by atoms with Crippen LogP contribution in [0.2, 0.25) is 0 Å². The molecule has 2 fully saturated rings. The maximum absolute atomic E-state index is 12.8. The van der Waals surface area contributed by atoms with E-state index in [1.54, 1.807) is 0 Å². The second-order valence-corrected chi connectivity index (χ2v) is 6.73. The molecule has 1 saturated heterocycles. The summed E-state index contributed by atoms with van der Waals surface area (Å²) >= 11 is 0. The fraction of sp³-hybridized carbons (Fsp3) is 0.611. The maximum atomic E-state index is 12.8. The van der Waals surface area contributed by atoms with E-state index in [2.05, 4.69) is 29.3 Å². The van der Waals surface area contributed by atoms with E-state index in [1.165, 1.54) is 24.8 Å². The topological polar surface area (TPSA) is 32.3 Å². The van der Waals surface area contributed by atoms with Crippen LogP contribution in [-0.2, 0) is 4.79 Å². The molecular weight excluding hydrogens is 260 g/mol. The van der Waals surface area contributed by atoms with Gasteiger partial charge in [0.15, 0.2) is 0 Å². The molecule has 114 valence electrons. The Morgan fingerprint density at radius 2 is 2.00 bits per heavy atom. The standard InChI is InChI=1S/C18H26N2O/c1-3-18(2)17(21)20(13-7-8-14-11-12-14)16(19-18)15-9-5-4-6-10-15/h4-6,9-10,14,16,19H,3,7-8,11-13H2,1-2H3. The zero-order valence-electron chi connectivity index (χ0n) is 13.1. The summed E-state index contributed by atoms with van der Waals surface area (Å²) in [6.07, 6.45) is 6.04. The molecule has 3 rings (SSSR count). The SMILES string of the molecule is CCC1(C)NC(c2ccccc2)N(CCCC2CC2)C1=O. The van der Waals surface area contributed by atoms with Crippen LogP contribution < -0.4 is 5.32 Å². The predicted octanol–water partition coefficient (Wildman–Crippen LogP) is 3.48. The van der Waals surface area contributed by atoms with E-state index in [0.29, 0.717) is 0 Å². The van der Waals surface area contributed by atoms with E-state index in [-0.39, 0.29) is 12.1 Å². The first-order chi connectivity index (χ1) is 10.1. The van der Waals surface area contributed by atoms with Gasteiger partial charge in [-0.3, -0.25) is 10.1 Å². The molecule has 1 heterocycles. The number of hydrogen-bond donors (Lipinski definition) is 1. The van der Waals surface area contributed by atoms with Gasteiger partial charge in [0.1, 0.15) is 6.17 Å². The molecule has 1 amide bonds. The van der Waals surface area contributed by atoms with Crippen LogP contribution >= 0.6 is 0 Å². The molecule has 1 aliphatic carbocycles. The minimum atomic E-state index is -0.417. The van der Waals surface area contributed by atoms with Gasteiger partial charge in [-0.15, -0.1) is 0 Å². The summed E-state index contributed by atoms with van der Waals surface area (Å²) in [7, 11) is 0. The molecule has 2 unspecified atom stereocenters. The van der Waals surface area contributed by atoms with E-state index in [0.717, 1.165) is 25.3 Å². The molecule has 0 aromatic heterocycles. The van der Waals surface area contributed by atoms with Gasteiger partial charge in [-0.1, -0.05) is 50.1 Å². The van der Waals surface area contributed by atoms with Gasteiger partial charge < -0.3 is 4.90 Å². The number of nitrogens with one attached hydrogen (secondary N) is 1. The number of nitrogens with zero attached hydrogens (tertiary/aromatic N) is 1. The lowest BCUT2D eigenvalue weighted by Crippen LogP contribution is -2.43. The van der Waals surface area contributed by atoms with Gasteiger partial charge >= 0.3 is 0 Å². The third kappa shape index (κ3) is 2.98. The molecule has 1 N–H and O–H groups in total. The zero-order valence-corrected chi connectivity index (χ0v) is 13.1. The molecule has 1 aliphatic heterocycles. The molecule has 3 heteroatoms. The Hall–Kier alpha value is -1.35. The Bertz CT molecular complexity index is 497. The third-order valence-corrected chi connectivity index (χ3v) is 5.03. The number of hydrogen-bond acceptors (Lipinski definition) is 2. The molecule has 0 radical (unpaired) electrons. The number of carbonyl (C=O) groups is 1. The first kappa shape index (κ1) is 14.6. The molecule has 1 aromatic rings. The van der Waals surface area contributed by atoms with Crippen molar-refractivity contribution in [3.05, 3.63) is 35.9 Å². The molecule has 21 heavy (non-hydrogen) atoms. The minimum Gasteiger partial charge on any atom is -0.321 e. The first-order valence-electron chi connectivity index (χ1n) is 8.28. The summed E-state index contributed by atoms with van der Waals surface area (Å²) in [6, 6.07) is 10.3. The number of benzene rings is 1. The van der Waals surface area contributed by atoms with Gasteiger partial charge in [0.2, 0.25) is 5.91 Å². The first-order valence-corrected chi connectivity index (χ1v) is 8.28. The second-order valence-electron chi connectivity index (χ2n) is 6.73. The van der Waals surface area contributed by atoms with Crippen molar-refractivity contribution in [2.24, 2.45) is 5.92 Å². The fourth-order valence-corrected chi connectivity index (χ4v) is 3.21. The summed E-state index contributed by atoms with van der Waals surface area (Å²) in [5.41, 5.74) is 0.773. The Morgan fingerprint density at radius 1 is 1.29 bits per heavy atom. The Balaban J connectivity index is 1.75. The molecule has 2 atom stereocenters. The lowest BCUT2D eigenvalue weighted by atomic mass is 9.99. The highest BCUT2D eigenvalue weighted by atomic mass is 16.2. The van der Waals surface area contributed by atoms with Crippen LogP contribution in [0, 0.1) is 5.92 Å². The van der Waals surface area contributed by atoms with Crippen LogP contribution in [0.15, 0.2) is 30.3 Å². The maximum Gasteiger partial charge on any atom is 0.244 e. The number of rotatable bonds is 6. The molecule has 2 aliphatic rings. The van der Waals surface area contributed by atoms with E-state index >= 15 is 0 Å². The van der Waals surface area contributed by atoms with Gasteiger partial charge in [0.05, 0.1) is 5.54 Å². The summed E-state index contributed by atoms with van der Waals surface area (Å²) in [5.74, 6) is 1.19. The Morgan fingerprint density at radius 3 is 2.62 bits per heavy atom. The van der Waals surface area contributed by atoms with Crippen molar-refractivity contribution in [1.82, 2.24) is 10.2 Å². The lowest BCUT2D eigenvalue weighted by Gasteiger charge is -2.24. The van der Waals surface area contributed by atoms with Crippen molar-refractivity contribution < 1.29 is 4.79 Å². The number of amides is 1. The monoisotopic (exact) mass is 286 g/mol. The van der Waals surface area contributed by atoms with Crippen molar-refractivity contribution in [2.45, 2.75) is 57.7 Å². The molecule has 3 nitrogen and oxygen atoms in total. The van der Waals surface area contributed by atoms with E-state index in [4.69, 9.17) is 0 Å². The second kappa shape index (κ2) is 5.80. The van der Waals surface area contributed by atoms with Gasteiger partial charge in [0.25, 0.3) is 0 Å². The highest BCUT2D eigenvalue weighted by Gasteiger charge is 2.46. The summed E-state index contributed by atoms with van der Waals surface area (Å²) in [5, 5.41) is 3.56. The highest BCUT2D eigenvalue weighted by Crippen LogP contribution is 2.36. The third-order valence-electron chi connectivity index (χ3n) is 5.03. The summed E-state index contributed by atoms with van der Waals surface area (Å²) < 4.78 is 0. The van der Waals surface area contributed by atoms with E-state index in [1.807, 2.05) is 25.1 Å². The van der Waals surface area contributed by atoms with Crippen molar-refractivity contribution in [2.75, 3.05) is 6.54 Å². The van der Waals surface area contributed by atoms with Crippen LogP contribution in [0.4, 0.5) is 0 Å². The van der Waals surface area contributed by atoms with Crippen LogP contribution in [0.3, 0.4) is 0 Å². The van der Waals surface area contributed by atoms with Crippen LogP contribution in [0.25, 0.3) is 0 Å². The van der Waals surface area contributed by atoms with Crippen LogP contribution in [-0.4, -0.2) is 22.9 Å². The normalized spacial score (nSPS) is 29.1. The fourth-order valence-electron chi connectivity index (χ4n) is 3.21. The van der Waals surface area contributed by atoms with Crippen molar-refractivity contribution in [3.63, 3.8) is 0 Å². The van der Waals surface area contributed by atoms with Crippen LogP contribution in [0.5, 0.6) is 0 Å². The van der Waals surface area contributed by atoms with Gasteiger partial charge in [-0.2, -0.15) is 0 Å². The zero-order chi connectivity index (χ0) is 14.9. The predicted molar refractivity (Wildman–Crippen MR) is 84.7 cm³/mol. The lowest BCUT2D eigenvalue weighted by molar-refractivity contribution is -0.133. The smallest absolute Gasteiger partial charge is 0.244 e. The van der Waals surface area contributed by atoms with Crippen molar-refractivity contribution in [1.29, 1.82) is 0 Å². The molecule has 1 saturated carbocycles. The Labute approximate surface area is 127 Å². The van der Waals surface area contributed by atoms with Gasteiger partial charge in [0, 0.05) is 6.54 Å². The average Bonchev–Trinajstić information content (AvgIpc) is 3.30. The van der Waals surface area contributed by atoms with E-state index in [9.17, 15) is 4.79 Å². The van der Waals surface area contributed by atoms with E-state index < -0.39 is 5.54 Å². The molecule has 1 aromatic carbocycles. The summed E-state index contributed by atoms with van der Waals surface area (Å²) in [4.78, 5) is 14.9. The van der Waals surface area contributed by atoms with Crippen molar-refractivity contribution >= 4 is 5.91 Å². The number of carbonyl (C=O) groups excluding carboxylic acids is 1. The molecule has 0 bridgehead atoms. The Kier molecular flexibility index (Phi) is 4.03. The highest BCUT2D eigenvalue weighted by molar-refractivity contribution is 5.88. The largest absolute Gasteiger partial charge is 0.321 e. The quantitative estimate of drug-likeness (QED) is 0.868. The van der Waals surface area contributed by atoms with Gasteiger partial charge in [-0.05, 0) is 37.7 Å². The summed E-state index contributed by atoms with van der Waals surface area (Å²) in [6.45, 7) is 4.99.